The van der Waals surface area contributed by atoms with Crippen LogP contribution in [0.2, 0.25) is 0 Å². The summed E-state index contributed by atoms with van der Waals surface area (Å²) in [5.41, 5.74) is 2.18. The van der Waals surface area contributed by atoms with Crippen LogP contribution in [0.5, 0.6) is 5.75 Å². The van der Waals surface area contributed by atoms with Crippen LogP contribution >= 0.6 is 0 Å². The molecule has 0 spiro atoms. The number of hydrogen-bond acceptors (Lipinski definition) is 6. The highest BCUT2D eigenvalue weighted by Crippen LogP contribution is 2.28. The van der Waals surface area contributed by atoms with Gasteiger partial charge in [0.05, 0.1) is 7.11 Å². The number of ether oxygens (including phenoxy) is 1. The first kappa shape index (κ1) is 13.4. The highest BCUT2D eigenvalue weighted by molar-refractivity contribution is 5.86. The van der Waals surface area contributed by atoms with Gasteiger partial charge in [0.2, 0.25) is 5.89 Å². The molecule has 3 heterocycles. The summed E-state index contributed by atoms with van der Waals surface area (Å²) in [4.78, 5) is 8.56. The van der Waals surface area contributed by atoms with E-state index in [2.05, 4.69) is 20.2 Å². The molecular formula is C17H12N4O2. The van der Waals surface area contributed by atoms with Crippen molar-refractivity contribution >= 4 is 10.9 Å². The SMILES string of the molecule is COc1cccc2ccc(-c3nnc(-c4ccncc4)o3)nc12. The Morgan fingerprint density at radius 2 is 1.74 bits per heavy atom. The third-order valence-electron chi connectivity index (χ3n) is 3.47. The molecule has 6 nitrogen and oxygen atoms in total. The first-order chi connectivity index (χ1) is 11.3. The fourth-order valence-electron chi connectivity index (χ4n) is 2.34. The fraction of sp³-hybridized carbons (Fsp3) is 0.0588. The molecular weight excluding hydrogens is 292 g/mol. The monoisotopic (exact) mass is 304 g/mol. The summed E-state index contributed by atoms with van der Waals surface area (Å²) in [6.07, 6.45) is 3.36. The molecule has 0 amide bonds. The van der Waals surface area contributed by atoms with Gasteiger partial charge in [0.25, 0.3) is 5.89 Å². The first-order valence-corrected chi connectivity index (χ1v) is 7.03. The second-order valence-corrected chi connectivity index (χ2v) is 4.88. The van der Waals surface area contributed by atoms with E-state index in [1.165, 1.54) is 0 Å². The van der Waals surface area contributed by atoms with Gasteiger partial charge in [-0.2, -0.15) is 0 Å². The Morgan fingerprint density at radius 3 is 2.57 bits per heavy atom. The van der Waals surface area contributed by atoms with Crippen molar-refractivity contribution in [2.75, 3.05) is 7.11 Å². The van der Waals surface area contributed by atoms with Crippen LogP contribution in [0, 0.1) is 0 Å². The lowest BCUT2D eigenvalue weighted by Crippen LogP contribution is -1.90. The van der Waals surface area contributed by atoms with Gasteiger partial charge in [0.1, 0.15) is 17.0 Å². The van der Waals surface area contributed by atoms with Crippen molar-refractivity contribution in [1.82, 2.24) is 20.2 Å². The van der Waals surface area contributed by atoms with Gasteiger partial charge in [-0.25, -0.2) is 4.98 Å². The minimum absolute atomic E-state index is 0.365. The molecule has 0 fully saturated rings. The third kappa shape index (κ3) is 2.40. The molecule has 0 saturated carbocycles. The lowest BCUT2D eigenvalue weighted by atomic mass is 10.2. The summed E-state index contributed by atoms with van der Waals surface area (Å²) in [6, 6.07) is 13.2. The molecule has 0 unspecified atom stereocenters. The molecule has 0 bridgehead atoms. The second-order valence-electron chi connectivity index (χ2n) is 4.88. The van der Waals surface area contributed by atoms with Crippen LogP contribution < -0.4 is 4.74 Å². The zero-order chi connectivity index (χ0) is 15.6. The normalized spacial score (nSPS) is 10.8. The number of pyridine rings is 2. The molecule has 0 atom stereocenters. The summed E-state index contributed by atoms with van der Waals surface area (Å²) in [7, 11) is 1.62. The maximum absolute atomic E-state index is 5.72. The number of hydrogen-bond donors (Lipinski definition) is 0. The number of para-hydroxylation sites is 1. The van der Waals surface area contributed by atoms with Gasteiger partial charge in [-0.1, -0.05) is 18.2 Å². The van der Waals surface area contributed by atoms with Gasteiger partial charge in [-0.05, 0) is 24.3 Å². The van der Waals surface area contributed by atoms with E-state index in [1.54, 1.807) is 19.5 Å². The van der Waals surface area contributed by atoms with Crippen molar-refractivity contribution in [3.63, 3.8) is 0 Å². The standard InChI is InChI=1S/C17H12N4O2/c1-22-14-4-2-3-11-5-6-13(19-15(11)14)17-21-20-16(23-17)12-7-9-18-10-8-12/h2-10H,1H3. The molecule has 4 aromatic rings. The zero-order valence-corrected chi connectivity index (χ0v) is 12.3. The maximum atomic E-state index is 5.72. The summed E-state index contributed by atoms with van der Waals surface area (Å²) >= 11 is 0. The molecule has 6 heteroatoms. The first-order valence-electron chi connectivity index (χ1n) is 7.03. The molecule has 0 aliphatic carbocycles. The van der Waals surface area contributed by atoms with Gasteiger partial charge in [-0.15, -0.1) is 10.2 Å². The molecule has 112 valence electrons. The van der Waals surface area contributed by atoms with E-state index in [1.807, 2.05) is 42.5 Å². The molecule has 0 N–H and O–H groups in total. The number of benzene rings is 1. The number of nitrogens with zero attached hydrogens (tertiary/aromatic N) is 4. The average molecular weight is 304 g/mol. The van der Waals surface area contributed by atoms with E-state index in [-0.39, 0.29) is 0 Å². The van der Waals surface area contributed by atoms with Gasteiger partial charge in [0.15, 0.2) is 0 Å². The van der Waals surface area contributed by atoms with E-state index in [4.69, 9.17) is 9.15 Å². The van der Waals surface area contributed by atoms with Crippen LogP contribution in [0.15, 0.2) is 59.3 Å². The third-order valence-corrected chi connectivity index (χ3v) is 3.47. The van der Waals surface area contributed by atoms with Crippen molar-refractivity contribution in [1.29, 1.82) is 0 Å². The fourth-order valence-corrected chi connectivity index (χ4v) is 2.34. The molecule has 0 radical (unpaired) electrons. The minimum atomic E-state index is 0.365. The Labute approximate surface area is 131 Å². The van der Waals surface area contributed by atoms with Crippen LogP contribution in [-0.4, -0.2) is 27.3 Å². The van der Waals surface area contributed by atoms with Crippen LogP contribution in [0.3, 0.4) is 0 Å². The van der Waals surface area contributed by atoms with Crippen LogP contribution in [0.1, 0.15) is 0 Å². The summed E-state index contributed by atoms with van der Waals surface area (Å²) in [6.45, 7) is 0. The van der Waals surface area contributed by atoms with Crippen molar-refractivity contribution in [2.24, 2.45) is 0 Å². The Kier molecular flexibility index (Phi) is 3.20. The average Bonchev–Trinajstić information content (AvgIpc) is 3.11. The van der Waals surface area contributed by atoms with Gasteiger partial charge < -0.3 is 9.15 Å². The summed E-state index contributed by atoms with van der Waals surface area (Å²) in [5.74, 6) is 1.51. The Bertz CT molecular complexity index is 967. The largest absolute Gasteiger partial charge is 0.494 e. The molecule has 23 heavy (non-hydrogen) atoms. The zero-order valence-electron chi connectivity index (χ0n) is 12.3. The van der Waals surface area contributed by atoms with Crippen molar-refractivity contribution in [2.45, 2.75) is 0 Å². The maximum Gasteiger partial charge on any atom is 0.266 e. The smallest absolute Gasteiger partial charge is 0.266 e. The van der Waals surface area contributed by atoms with Crippen LogP contribution in [-0.2, 0) is 0 Å². The lowest BCUT2D eigenvalue weighted by Gasteiger charge is -2.04. The van der Waals surface area contributed by atoms with Crippen molar-refractivity contribution in [3.05, 3.63) is 54.9 Å². The quantitative estimate of drug-likeness (QED) is 0.578. The predicted octanol–water partition coefficient (Wildman–Crippen LogP) is 3.36. The number of methoxy groups -OCH3 is 1. The molecule has 0 aliphatic heterocycles. The number of fused-ring (bicyclic) bond motifs is 1. The van der Waals surface area contributed by atoms with Gasteiger partial charge in [0, 0.05) is 23.3 Å². The van der Waals surface area contributed by atoms with Crippen molar-refractivity contribution < 1.29 is 9.15 Å². The number of rotatable bonds is 3. The van der Waals surface area contributed by atoms with E-state index < -0.39 is 0 Å². The minimum Gasteiger partial charge on any atom is -0.494 e. The highest BCUT2D eigenvalue weighted by Gasteiger charge is 2.13. The second kappa shape index (κ2) is 5.49. The Balaban J connectivity index is 1.79. The molecule has 4 rings (SSSR count). The molecule has 1 aromatic carbocycles. The van der Waals surface area contributed by atoms with E-state index in [9.17, 15) is 0 Å². The van der Waals surface area contributed by atoms with Gasteiger partial charge in [-0.3, -0.25) is 4.98 Å². The predicted molar refractivity (Wildman–Crippen MR) is 84.8 cm³/mol. The topological polar surface area (TPSA) is 73.9 Å². The van der Waals surface area contributed by atoms with Crippen LogP contribution in [0.25, 0.3) is 33.9 Å². The number of aromatic nitrogens is 4. The highest BCUT2D eigenvalue weighted by atomic mass is 16.5. The van der Waals surface area contributed by atoms with E-state index >= 15 is 0 Å². The van der Waals surface area contributed by atoms with Crippen LogP contribution in [0.4, 0.5) is 0 Å². The van der Waals surface area contributed by atoms with Gasteiger partial charge >= 0.3 is 0 Å². The Morgan fingerprint density at radius 1 is 0.913 bits per heavy atom. The molecule has 0 saturated heterocycles. The van der Waals surface area contributed by atoms with E-state index in [0.29, 0.717) is 23.2 Å². The molecule has 3 aromatic heterocycles. The Hall–Kier alpha value is -3.28. The van der Waals surface area contributed by atoms with E-state index in [0.717, 1.165) is 16.5 Å². The summed E-state index contributed by atoms with van der Waals surface area (Å²) in [5, 5.41) is 9.14. The summed E-state index contributed by atoms with van der Waals surface area (Å²) < 4.78 is 11.1. The molecule has 0 aliphatic rings. The lowest BCUT2D eigenvalue weighted by molar-refractivity contribution is 0.419. The van der Waals surface area contributed by atoms with Crippen molar-refractivity contribution in [3.8, 4) is 28.8 Å².